The van der Waals surface area contributed by atoms with Gasteiger partial charge in [0.25, 0.3) is 0 Å². The molecule has 1 saturated carbocycles. The van der Waals surface area contributed by atoms with E-state index in [4.69, 9.17) is 4.74 Å². The molecule has 0 bridgehead atoms. The number of aliphatic hydroxyl groups is 1. The van der Waals surface area contributed by atoms with Gasteiger partial charge in [-0.05, 0) is 44.1 Å². The van der Waals surface area contributed by atoms with E-state index in [9.17, 15) is 14.7 Å². The predicted octanol–water partition coefficient (Wildman–Crippen LogP) is 4.06. The van der Waals surface area contributed by atoms with Crippen LogP contribution in [0, 0.1) is 0 Å². The lowest BCUT2D eigenvalue weighted by Crippen LogP contribution is -2.73. The Kier molecular flexibility index (Phi) is 11.2. The van der Waals surface area contributed by atoms with Gasteiger partial charge in [0.2, 0.25) is 11.8 Å². The first-order valence-corrected chi connectivity index (χ1v) is 14.1. The highest BCUT2D eigenvalue weighted by molar-refractivity contribution is 6.00. The molecule has 2 amide bonds. The zero-order valence-corrected chi connectivity index (χ0v) is 23.3. The number of carbonyl (C=O) groups excluding carboxylic acids is 2. The van der Waals surface area contributed by atoms with Gasteiger partial charge in [-0.1, -0.05) is 62.9 Å². The Bertz CT molecular complexity index is 854. The minimum Gasteiger partial charge on any atom is -0.390 e. The third kappa shape index (κ3) is 7.47. The third-order valence-electron chi connectivity index (χ3n) is 8.47. The average molecular weight is 536 g/mol. The number of likely N-dealkylation sites (tertiary alicyclic amines) is 1. The van der Waals surface area contributed by atoms with E-state index in [0.717, 1.165) is 71.0 Å². The van der Waals surface area contributed by atoms with Crippen molar-refractivity contribution in [1.82, 2.24) is 15.1 Å². The average Bonchev–Trinajstić information content (AvgIpc) is 2.89. The summed E-state index contributed by atoms with van der Waals surface area (Å²) in [5, 5.41) is 14.1. The Balaban J connectivity index is 0.00000380. The fourth-order valence-corrected chi connectivity index (χ4v) is 6.25. The molecule has 3 aliphatic rings. The Morgan fingerprint density at radius 1 is 1.00 bits per heavy atom. The van der Waals surface area contributed by atoms with Gasteiger partial charge in [0.15, 0.2) is 0 Å². The summed E-state index contributed by atoms with van der Waals surface area (Å²) in [6.45, 7) is 6.62. The van der Waals surface area contributed by atoms with E-state index in [1.807, 2.05) is 23.1 Å². The quantitative estimate of drug-likeness (QED) is 0.418. The molecule has 2 saturated heterocycles. The summed E-state index contributed by atoms with van der Waals surface area (Å²) in [6, 6.07) is 9.60. The number of hydrogen-bond acceptors (Lipinski definition) is 5. The van der Waals surface area contributed by atoms with Gasteiger partial charge >= 0.3 is 0 Å². The van der Waals surface area contributed by atoms with Crippen molar-refractivity contribution in [2.75, 3.05) is 32.8 Å². The standard InChI is InChI=1S/C29H45N3O4.ClH/c1-2-3-18-32-26(33)25(22-28(35)13-8-5-9-14-28)30-27(34)29(32)15-19-31(20-16-29)17-10-21-36-23-24-11-6-4-7-12-24;/h4,6-7,11-12,25,35H,2-3,5,8-10,13-23H2,1H3,(H,30,34);1H/t25-;/m1./s1. The number of amides is 2. The van der Waals surface area contributed by atoms with Crippen molar-refractivity contribution in [2.45, 2.75) is 101 Å². The number of hydrogen-bond donors (Lipinski definition) is 2. The molecule has 37 heavy (non-hydrogen) atoms. The number of nitrogens with one attached hydrogen (secondary N) is 1. The van der Waals surface area contributed by atoms with Gasteiger partial charge in [-0.15, -0.1) is 12.4 Å². The lowest BCUT2D eigenvalue weighted by atomic mass is 9.77. The predicted molar refractivity (Wildman–Crippen MR) is 148 cm³/mol. The Labute approximate surface area is 228 Å². The van der Waals surface area contributed by atoms with Crippen LogP contribution in [0.15, 0.2) is 30.3 Å². The van der Waals surface area contributed by atoms with Crippen LogP contribution in [0.3, 0.4) is 0 Å². The molecule has 7 nitrogen and oxygen atoms in total. The van der Waals surface area contributed by atoms with E-state index >= 15 is 0 Å². The summed E-state index contributed by atoms with van der Waals surface area (Å²) in [5.74, 6) is -0.0155. The summed E-state index contributed by atoms with van der Waals surface area (Å²) in [7, 11) is 0. The van der Waals surface area contributed by atoms with Crippen LogP contribution in [0.1, 0.15) is 83.1 Å². The van der Waals surface area contributed by atoms with Crippen LogP contribution in [0.4, 0.5) is 0 Å². The lowest BCUT2D eigenvalue weighted by Gasteiger charge is -2.52. The SMILES string of the molecule is CCCCN1C(=O)[C@@H](CC2(O)CCCCC2)NC(=O)C12CCN(CCCOCc1ccccc1)CC2.Cl. The van der Waals surface area contributed by atoms with E-state index in [1.54, 1.807) is 0 Å². The first kappa shape index (κ1) is 29.9. The van der Waals surface area contributed by atoms with Crippen molar-refractivity contribution in [3.63, 3.8) is 0 Å². The van der Waals surface area contributed by atoms with E-state index in [-0.39, 0.29) is 24.2 Å². The fraction of sp³-hybridized carbons (Fsp3) is 0.724. The smallest absolute Gasteiger partial charge is 0.246 e. The minimum absolute atomic E-state index is 0. The van der Waals surface area contributed by atoms with Crippen molar-refractivity contribution in [3.05, 3.63) is 35.9 Å². The molecule has 8 heteroatoms. The molecule has 208 valence electrons. The van der Waals surface area contributed by atoms with Gasteiger partial charge in [-0.25, -0.2) is 0 Å². The number of piperidine rings is 1. The van der Waals surface area contributed by atoms with Crippen LogP contribution in [0.2, 0.25) is 0 Å². The van der Waals surface area contributed by atoms with Crippen molar-refractivity contribution in [1.29, 1.82) is 0 Å². The second-order valence-corrected chi connectivity index (χ2v) is 11.1. The molecule has 0 aromatic heterocycles. The molecular weight excluding hydrogens is 490 g/mol. The first-order valence-electron chi connectivity index (χ1n) is 14.1. The number of nitrogens with zero attached hydrogens (tertiary/aromatic N) is 2. The highest BCUT2D eigenvalue weighted by Crippen LogP contribution is 2.37. The molecule has 1 atom stereocenters. The molecule has 1 aliphatic carbocycles. The maximum Gasteiger partial charge on any atom is 0.246 e. The van der Waals surface area contributed by atoms with Crippen LogP contribution >= 0.6 is 12.4 Å². The van der Waals surface area contributed by atoms with Crippen molar-refractivity contribution >= 4 is 24.2 Å². The van der Waals surface area contributed by atoms with E-state index in [0.29, 0.717) is 39.0 Å². The molecule has 0 radical (unpaired) electrons. The number of unbranched alkanes of at least 4 members (excludes halogenated alkanes) is 1. The normalized spacial score (nSPS) is 23.5. The monoisotopic (exact) mass is 535 g/mol. The van der Waals surface area contributed by atoms with Crippen molar-refractivity contribution < 1.29 is 19.4 Å². The molecule has 3 fully saturated rings. The highest BCUT2D eigenvalue weighted by Gasteiger charge is 2.54. The van der Waals surface area contributed by atoms with Crippen LogP contribution < -0.4 is 5.32 Å². The largest absolute Gasteiger partial charge is 0.390 e. The first-order chi connectivity index (χ1) is 17.5. The Morgan fingerprint density at radius 3 is 2.38 bits per heavy atom. The van der Waals surface area contributed by atoms with Crippen LogP contribution in [0.25, 0.3) is 0 Å². The zero-order chi connectivity index (χ0) is 25.4. The van der Waals surface area contributed by atoms with Gasteiger partial charge in [-0.3, -0.25) is 9.59 Å². The van der Waals surface area contributed by atoms with Crippen LogP contribution in [-0.4, -0.2) is 76.7 Å². The number of rotatable bonds is 11. The third-order valence-corrected chi connectivity index (χ3v) is 8.47. The second kappa shape index (κ2) is 13.9. The molecule has 1 spiro atoms. The number of carbonyl (C=O) groups is 2. The number of halogens is 1. The molecule has 0 unspecified atom stereocenters. The molecule has 2 aliphatic heterocycles. The topological polar surface area (TPSA) is 82.1 Å². The summed E-state index contributed by atoms with van der Waals surface area (Å²) in [6.07, 6.45) is 9.03. The molecule has 4 rings (SSSR count). The number of piperazine rings is 1. The van der Waals surface area contributed by atoms with E-state index < -0.39 is 17.2 Å². The van der Waals surface area contributed by atoms with Crippen LogP contribution in [0.5, 0.6) is 0 Å². The summed E-state index contributed by atoms with van der Waals surface area (Å²) in [4.78, 5) is 31.5. The summed E-state index contributed by atoms with van der Waals surface area (Å²) >= 11 is 0. The van der Waals surface area contributed by atoms with Gasteiger partial charge in [0.05, 0.1) is 12.2 Å². The molecule has 2 heterocycles. The van der Waals surface area contributed by atoms with Crippen molar-refractivity contribution in [2.24, 2.45) is 0 Å². The van der Waals surface area contributed by atoms with E-state index in [2.05, 4.69) is 29.3 Å². The Hall–Kier alpha value is -1.67. The number of benzene rings is 1. The Morgan fingerprint density at radius 2 is 1.70 bits per heavy atom. The van der Waals surface area contributed by atoms with E-state index in [1.165, 1.54) is 5.56 Å². The zero-order valence-electron chi connectivity index (χ0n) is 22.5. The van der Waals surface area contributed by atoms with Crippen molar-refractivity contribution in [3.8, 4) is 0 Å². The summed E-state index contributed by atoms with van der Waals surface area (Å²) < 4.78 is 5.83. The van der Waals surface area contributed by atoms with Gasteiger partial charge in [0, 0.05) is 39.2 Å². The lowest BCUT2D eigenvalue weighted by molar-refractivity contribution is -0.163. The highest BCUT2D eigenvalue weighted by atomic mass is 35.5. The maximum atomic E-state index is 13.7. The second-order valence-electron chi connectivity index (χ2n) is 11.1. The molecular formula is C29H46ClN3O4. The summed E-state index contributed by atoms with van der Waals surface area (Å²) in [5.41, 5.74) is -0.400. The molecule has 1 aromatic rings. The molecule has 2 N–H and O–H groups in total. The maximum absolute atomic E-state index is 13.7. The van der Waals surface area contributed by atoms with Crippen LogP contribution in [-0.2, 0) is 20.9 Å². The molecule has 1 aromatic carbocycles. The van der Waals surface area contributed by atoms with Gasteiger partial charge in [-0.2, -0.15) is 0 Å². The van der Waals surface area contributed by atoms with Gasteiger partial charge < -0.3 is 25.0 Å². The van der Waals surface area contributed by atoms with Gasteiger partial charge in [0.1, 0.15) is 11.6 Å². The number of ether oxygens (including phenoxy) is 1. The fourth-order valence-electron chi connectivity index (χ4n) is 6.25. The minimum atomic E-state index is -0.835.